The average molecular weight is 429 g/mol. The summed E-state index contributed by atoms with van der Waals surface area (Å²) >= 11 is 1.35. The fourth-order valence-electron chi connectivity index (χ4n) is 2.81. The lowest BCUT2D eigenvalue weighted by Crippen LogP contribution is -2.17. The molecule has 0 aliphatic rings. The number of nitrogens with zero attached hydrogens (tertiary/aromatic N) is 3. The van der Waals surface area contributed by atoms with Crippen LogP contribution in [0.25, 0.3) is 4.96 Å². The smallest absolute Gasteiger partial charge is 0.338 e. The lowest BCUT2D eigenvalue weighted by atomic mass is 10.1. The fourth-order valence-corrected chi connectivity index (χ4v) is 3.83. The first-order chi connectivity index (χ1) is 14.4. The Morgan fingerprint density at radius 2 is 2.07 bits per heavy atom. The van der Waals surface area contributed by atoms with Crippen molar-refractivity contribution in [3.05, 3.63) is 57.0 Å². The maximum Gasteiger partial charge on any atom is 0.338 e. The molecule has 1 amide bonds. The first-order valence-electron chi connectivity index (χ1n) is 9.81. The number of anilines is 1. The van der Waals surface area contributed by atoms with Gasteiger partial charge in [-0.05, 0) is 30.5 Å². The zero-order valence-corrected chi connectivity index (χ0v) is 18.0. The Morgan fingerprint density at radius 3 is 2.80 bits per heavy atom. The number of amides is 1. The van der Waals surface area contributed by atoms with Gasteiger partial charge in [0.25, 0.3) is 5.56 Å². The van der Waals surface area contributed by atoms with Crippen LogP contribution in [0.5, 0.6) is 0 Å². The van der Waals surface area contributed by atoms with Crippen molar-refractivity contribution in [3.63, 3.8) is 0 Å². The molecule has 9 heteroatoms. The van der Waals surface area contributed by atoms with Gasteiger partial charge in [-0.2, -0.15) is 9.61 Å². The van der Waals surface area contributed by atoms with Crippen molar-refractivity contribution in [1.29, 1.82) is 0 Å². The Labute approximate surface area is 177 Å². The summed E-state index contributed by atoms with van der Waals surface area (Å²) in [5, 5.41) is 7.87. The Kier molecular flexibility index (Phi) is 6.94. The summed E-state index contributed by atoms with van der Waals surface area (Å²) in [6.07, 6.45) is 2.10. The molecule has 0 saturated heterocycles. The SMILES string of the molecule is CCCc1nn2c(=O)cc(COC(=O)c3cccc(NC(=O)CC(C)C)c3)nc2s1. The molecule has 0 fully saturated rings. The predicted molar refractivity (Wildman–Crippen MR) is 115 cm³/mol. The highest BCUT2D eigenvalue weighted by Crippen LogP contribution is 2.15. The molecule has 0 radical (unpaired) electrons. The van der Waals surface area contributed by atoms with E-state index in [-0.39, 0.29) is 24.0 Å². The van der Waals surface area contributed by atoms with Crippen LogP contribution in [-0.4, -0.2) is 26.5 Å². The standard InChI is InChI=1S/C21H24N4O4S/c1-4-6-18-24-25-19(27)11-16(23-21(25)30-18)12-29-20(28)14-7-5-8-15(10-14)22-17(26)9-13(2)3/h5,7-8,10-11,13H,4,6,9,12H2,1-3H3,(H,22,26). The third-order valence-electron chi connectivity index (χ3n) is 4.13. The summed E-state index contributed by atoms with van der Waals surface area (Å²) in [5.74, 6) is -0.433. The molecule has 3 rings (SSSR count). The van der Waals surface area contributed by atoms with Gasteiger partial charge in [0.2, 0.25) is 10.9 Å². The number of rotatable bonds is 8. The summed E-state index contributed by atoms with van der Waals surface area (Å²) in [6, 6.07) is 7.87. The van der Waals surface area contributed by atoms with Crippen LogP contribution in [0.2, 0.25) is 0 Å². The quantitative estimate of drug-likeness (QED) is 0.551. The third kappa shape index (κ3) is 5.50. The van der Waals surface area contributed by atoms with Crippen LogP contribution in [0.3, 0.4) is 0 Å². The van der Waals surface area contributed by atoms with Gasteiger partial charge in [-0.15, -0.1) is 0 Å². The average Bonchev–Trinajstić information content (AvgIpc) is 3.09. The molecule has 0 saturated carbocycles. The van der Waals surface area contributed by atoms with Crippen molar-refractivity contribution >= 4 is 33.9 Å². The second-order valence-electron chi connectivity index (χ2n) is 7.33. The molecule has 8 nitrogen and oxygen atoms in total. The first kappa shape index (κ1) is 21.6. The molecule has 0 aliphatic carbocycles. The van der Waals surface area contributed by atoms with Gasteiger partial charge in [-0.3, -0.25) is 9.59 Å². The highest BCUT2D eigenvalue weighted by Gasteiger charge is 2.13. The molecule has 1 aromatic carbocycles. The minimum atomic E-state index is -0.562. The number of nitrogens with one attached hydrogen (secondary N) is 1. The van der Waals surface area contributed by atoms with Gasteiger partial charge in [0.05, 0.1) is 11.3 Å². The molecule has 30 heavy (non-hydrogen) atoms. The Bertz CT molecular complexity index is 1120. The fraction of sp³-hybridized carbons (Fsp3) is 0.381. The third-order valence-corrected chi connectivity index (χ3v) is 5.10. The largest absolute Gasteiger partial charge is 0.456 e. The van der Waals surface area contributed by atoms with Crippen molar-refractivity contribution in [2.45, 2.75) is 46.6 Å². The van der Waals surface area contributed by atoms with Gasteiger partial charge >= 0.3 is 5.97 Å². The minimum Gasteiger partial charge on any atom is -0.456 e. The zero-order valence-electron chi connectivity index (χ0n) is 17.2. The Hall–Kier alpha value is -3.07. The van der Waals surface area contributed by atoms with Crippen molar-refractivity contribution in [2.75, 3.05) is 5.32 Å². The number of ether oxygens (including phenoxy) is 1. The van der Waals surface area contributed by atoms with Crippen LogP contribution in [-0.2, 0) is 22.6 Å². The van der Waals surface area contributed by atoms with Crippen molar-refractivity contribution in [3.8, 4) is 0 Å². The van der Waals surface area contributed by atoms with E-state index in [1.165, 1.54) is 21.9 Å². The van der Waals surface area contributed by atoms with E-state index in [4.69, 9.17) is 4.74 Å². The maximum atomic E-state index is 12.4. The highest BCUT2D eigenvalue weighted by molar-refractivity contribution is 7.16. The lowest BCUT2D eigenvalue weighted by molar-refractivity contribution is -0.116. The topological polar surface area (TPSA) is 103 Å². The zero-order chi connectivity index (χ0) is 21.7. The van der Waals surface area contributed by atoms with Crippen molar-refractivity contribution in [2.24, 2.45) is 5.92 Å². The molecule has 0 aliphatic heterocycles. The first-order valence-corrected chi connectivity index (χ1v) is 10.6. The number of carbonyl (C=O) groups is 2. The van der Waals surface area contributed by atoms with E-state index < -0.39 is 5.97 Å². The number of carbonyl (C=O) groups excluding carboxylic acids is 2. The van der Waals surface area contributed by atoms with Crippen LogP contribution in [0, 0.1) is 5.92 Å². The monoisotopic (exact) mass is 428 g/mol. The van der Waals surface area contributed by atoms with Gasteiger partial charge in [0.15, 0.2) is 0 Å². The summed E-state index contributed by atoms with van der Waals surface area (Å²) < 4.78 is 6.59. The van der Waals surface area contributed by atoms with Gasteiger partial charge in [-0.25, -0.2) is 9.78 Å². The normalized spacial score (nSPS) is 11.1. The van der Waals surface area contributed by atoms with Crippen LogP contribution < -0.4 is 10.9 Å². The van der Waals surface area contributed by atoms with Crippen LogP contribution in [0.4, 0.5) is 5.69 Å². The van der Waals surface area contributed by atoms with E-state index in [1.54, 1.807) is 24.3 Å². The van der Waals surface area contributed by atoms with Crippen molar-refractivity contribution in [1.82, 2.24) is 14.6 Å². The molecule has 0 bridgehead atoms. The van der Waals surface area contributed by atoms with Gasteiger partial charge in [0, 0.05) is 24.6 Å². The van der Waals surface area contributed by atoms with Gasteiger partial charge in [0.1, 0.15) is 11.6 Å². The van der Waals surface area contributed by atoms with Crippen LogP contribution in [0.15, 0.2) is 35.1 Å². The number of hydrogen-bond donors (Lipinski definition) is 1. The van der Waals surface area contributed by atoms with E-state index in [1.807, 2.05) is 20.8 Å². The second-order valence-corrected chi connectivity index (χ2v) is 8.37. The molecule has 2 aromatic heterocycles. The minimum absolute atomic E-state index is 0.111. The van der Waals surface area contributed by atoms with E-state index in [0.29, 0.717) is 28.3 Å². The predicted octanol–water partition coefficient (Wildman–Crippen LogP) is 3.45. The number of aryl methyl sites for hydroxylation is 1. The summed E-state index contributed by atoms with van der Waals surface area (Å²) in [4.78, 5) is 41.4. The summed E-state index contributed by atoms with van der Waals surface area (Å²) in [5.41, 5.74) is 0.889. The van der Waals surface area contributed by atoms with E-state index in [9.17, 15) is 14.4 Å². The molecule has 0 unspecified atom stereocenters. The number of aromatic nitrogens is 3. The Morgan fingerprint density at radius 1 is 1.27 bits per heavy atom. The Balaban J connectivity index is 1.67. The van der Waals surface area contributed by atoms with Crippen LogP contribution >= 0.6 is 11.3 Å². The van der Waals surface area contributed by atoms with E-state index >= 15 is 0 Å². The summed E-state index contributed by atoms with van der Waals surface area (Å²) in [6.45, 7) is 5.83. The second kappa shape index (κ2) is 9.62. The molecular formula is C21H24N4O4S. The molecule has 1 N–H and O–H groups in total. The van der Waals surface area contributed by atoms with E-state index in [2.05, 4.69) is 15.4 Å². The number of esters is 1. The highest BCUT2D eigenvalue weighted by atomic mass is 32.1. The molecule has 158 valence electrons. The van der Waals surface area contributed by atoms with Crippen LogP contribution in [0.1, 0.15) is 54.7 Å². The molecular weight excluding hydrogens is 404 g/mol. The molecule has 2 heterocycles. The maximum absolute atomic E-state index is 12.4. The molecule has 0 spiro atoms. The van der Waals surface area contributed by atoms with E-state index in [0.717, 1.165) is 17.8 Å². The number of benzene rings is 1. The van der Waals surface area contributed by atoms with Gasteiger partial charge < -0.3 is 10.1 Å². The lowest BCUT2D eigenvalue weighted by Gasteiger charge is -2.09. The number of fused-ring (bicyclic) bond motifs is 1. The molecule has 3 aromatic rings. The van der Waals surface area contributed by atoms with Crippen molar-refractivity contribution < 1.29 is 14.3 Å². The number of hydrogen-bond acceptors (Lipinski definition) is 7. The summed E-state index contributed by atoms with van der Waals surface area (Å²) in [7, 11) is 0. The molecule has 0 atom stereocenters. The van der Waals surface area contributed by atoms with Gasteiger partial charge in [-0.1, -0.05) is 38.2 Å².